The van der Waals surface area contributed by atoms with Crippen LogP contribution < -0.4 is 32.6 Å². The van der Waals surface area contributed by atoms with Gasteiger partial charge in [-0.3, -0.25) is 37.9 Å². The molecule has 0 saturated heterocycles. The number of hydrogen-bond acceptors (Lipinski definition) is 6. The van der Waals surface area contributed by atoms with Gasteiger partial charge < -0.3 is 19.8 Å². The van der Waals surface area contributed by atoms with Gasteiger partial charge >= 0.3 is 0 Å². The number of hydrogen-bond donors (Lipinski definition) is 2. The molecule has 6 aromatic rings. The SMILES string of the molecule is CC#Cc1cc2c(=O)c(C(=O)NCc3ccc(Cl)cc3)cn3c2n(c1=O)CC3.CCCc1cc2c(=O)c(C(=O)NCc3ccc(Cl)cc3)cn3c2n(c1=O)CC3. The molecule has 4 aromatic heterocycles. The van der Waals surface area contributed by atoms with E-state index in [4.69, 9.17) is 23.2 Å². The van der Waals surface area contributed by atoms with E-state index in [0.717, 1.165) is 17.5 Å². The Bertz CT molecular complexity index is 2880. The Morgan fingerprint density at radius 3 is 1.61 bits per heavy atom. The molecular formula is C42H36Cl2N6O6. The lowest BCUT2D eigenvalue weighted by Crippen LogP contribution is -2.30. The number of carbonyl (C=O) groups is 2. The molecule has 0 unspecified atom stereocenters. The average molecular weight is 792 g/mol. The number of nitrogens with one attached hydrogen (secondary N) is 2. The number of nitrogens with zero attached hydrogens (tertiary/aromatic N) is 4. The van der Waals surface area contributed by atoms with Crippen LogP contribution >= 0.6 is 23.2 Å². The van der Waals surface area contributed by atoms with Crippen LogP contribution in [-0.4, -0.2) is 30.1 Å². The molecule has 2 aromatic carbocycles. The van der Waals surface area contributed by atoms with Crippen LogP contribution in [0.5, 0.6) is 0 Å². The zero-order valence-electron chi connectivity index (χ0n) is 30.6. The molecule has 0 saturated carbocycles. The van der Waals surface area contributed by atoms with Crippen molar-refractivity contribution < 1.29 is 9.59 Å². The van der Waals surface area contributed by atoms with Crippen molar-refractivity contribution in [3.8, 4) is 11.8 Å². The van der Waals surface area contributed by atoms with E-state index in [1.807, 2.05) is 35.8 Å². The van der Waals surface area contributed by atoms with Gasteiger partial charge in [-0.1, -0.05) is 66.7 Å². The van der Waals surface area contributed by atoms with Crippen molar-refractivity contribution >= 4 is 57.1 Å². The predicted octanol–water partition coefficient (Wildman–Crippen LogP) is 4.84. The molecule has 0 atom stereocenters. The molecule has 2 aliphatic rings. The van der Waals surface area contributed by atoms with Crippen molar-refractivity contribution in [3.63, 3.8) is 0 Å². The van der Waals surface area contributed by atoms with Crippen LogP contribution in [0.1, 0.15) is 63.2 Å². The number of aryl methyl sites for hydroxylation is 5. The zero-order chi connectivity index (χ0) is 39.7. The second-order valence-corrected chi connectivity index (χ2v) is 14.4. The molecule has 0 spiro atoms. The van der Waals surface area contributed by atoms with E-state index < -0.39 is 17.2 Å². The van der Waals surface area contributed by atoms with Crippen LogP contribution in [-0.2, 0) is 45.7 Å². The Morgan fingerprint density at radius 2 is 1.14 bits per heavy atom. The number of aromatic nitrogens is 4. The third kappa shape index (κ3) is 7.31. The predicted molar refractivity (Wildman–Crippen MR) is 217 cm³/mol. The minimum absolute atomic E-state index is 0.0417. The maximum atomic E-state index is 13.0. The Kier molecular flexibility index (Phi) is 10.8. The molecule has 0 radical (unpaired) electrons. The summed E-state index contributed by atoms with van der Waals surface area (Å²) in [5, 5.41) is 7.56. The number of halogens is 2. The summed E-state index contributed by atoms with van der Waals surface area (Å²) in [5.41, 5.74) is 2.92. The van der Waals surface area contributed by atoms with Crippen LogP contribution in [0.2, 0.25) is 10.0 Å². The fraction of sp³-hybridized carbons (Fsp3) is 0.238. The lowest BCUT2D eigenvalue weighted by molar-refractivity contribution is 0.0941. The van der Waals surface area contributed by atoms with Gasteiger partial charge in [0.15, 0.2) is 0 Å². The van der Waals surface area contributed by atoms with E-state index in [0.29, 0.717) is 76.8 Å². The van der Waals surface area contributed by atoms with Crippen molar-refractivity contribution in [3.05, 3.63) is 158 Å². The molecular weight excluding hydrogens is 755 g/mol. The van der Waals surface area contributed by atoms with E-state index in [-0.39, 0.29) is 39.8 Å². The monoisotopic (exact) mass is 790 g/mol. The van der Waals surface area contributed by atoms with Gasteiger partial charge in [-0.25, -0.2) is 0 Å². The Morgan fingerprint density at radius 1 is 0.679 bits per heavy atom. The first-order valence-electron chi connectivity index (χ1n) is 18.1. The Labute approximate surface area is 329 Å². The quantitative estimate of drug-likeness (QED) is 0.211. The summed E-state index contributed by atoms with van der Waals surface area (Å²) < 4.78 is 6.80. The second-order valence-electron chi connectivity index (χ2n) is 13.5. The number of carbonyl (C=O) groups excluding carboxylic acids is 2. The first-order chi connectivity index (χ1) is 27.0. The van der Waals surface area contributed by atoms with Gasteiger partial charge in [-0.2, -0.15) is 0 Å². The third-order valence-electron chi connectivity index (χ3n) is 9.82. The van der Waals surface area contributed by atoms with Gasteiger partial charge in [-0.05, 0) is 60.9 Å². The van der Waals surface area contributed by atoms with E-state index in [9.17, 15) is 28.8 Å². The minimum Gasteiger partial charge on any atom is -0.348 e. The summed E-state index contributed by atoms with van der Waals surface area (Å²) in [6.45, 7) is 6.25. The molecule has 0 aliphatic carbocycles. The van der Waals surface area contributed by atoms with Crippen molar-refractivity contribution in [2.75, 3.05) is 0 Å². The summed E-state index contributed by atoms with van der Waals surface area (Å²) in [5.74, 6) is 4.56. The largest absolute Gasteiger partial charge is 0.348 e. The highest BCUT2D eigenvalue weighted by Crippen LogP contribution is 2.20. The average Bonchev–Trinajstić information content (AvgIpc) is 3.83. The summed E-state index contributed by atoms with van der Waals surface area (Å²) in [7, 11) is 0. The molecule has 2 amide bonds. The van der Waals surface area contributed by atoms with Crippen LogP contribution in [0.15, 0.2) is 92.2 Å². The summed E-state index contributed by atoms with van der Waals surface area (Å²) in [6, 6.07) is 17.4. The number of pyridine rings is 4. The van der Waals surface area contributed by atoms with Crippen molar-refractivity contribution in [1.29, 1.82) is 0 Å². The van der Waals surface area contributed by atoms with Crippen LogP contribution in [0.25, 0.3) is 22.1 Å². The fourth-order valence-corrected chi connectivity index (χ4v) is 7.35. The van der Waals surface area contributed by atoms with Gasteiger partial charge in [0.05, 0.1) is 16.3 Å². The van der Waals surface area contributed by atoms with Crippen molar-refractivity contribution in [2.45, 2.75) is 66.0 Å². The topological polar surface area (TPSA) is 146 Å². The van der Waals surface area contributed by atoms with E-state index >= 15 is 0 Å². The molecule has 14 heteroatoms. The molecule has 2 N–H and O–H groups in total. The highest BCUT2D eigenvalue weighted by molar-refractivity contribution is 6.30. The number of amides is 2. The fourth-order valence-electron chi connectivity index (χ4n) is 7.10. The molecule has 0 fully saturated rings. The highest BCUT2D eigenvalue weighted by Gasteiger charge is 2.24. The molecule has 12 nitrogen and oxygen atoms in total. The highest BCUT2D eigenvalue weighted by atomic mass is 35.5. The standard InChI is InChI=1S/C21H20ClN3O3.C21H16ClN3O3/c2*1-2-3-14-10-16-18(26)17(12-24-8-9-25(20(16)24)21(14)28)19(27)23-11-13-4-6-15(22)7-5-13/h4-7,10,12H,2-3,8-9,11H2,1H3,(H,23,27);4-7,10,12H,8-9,11H2,1H3,(H,23,27). The zero-order valence-corrected chi connectivity index (χ0v) is 32.1. The van der Waals surface area contributed by atoms with E-state index in [1.165, 1.54) is 12.3 Å². The van der Waals surface area contributed by atoms with Crippen molar-refractivity contribution in [1.82, 2.24) is 28.9 Å². The Hall–Kier alpha value is -6.16. The molecule has 2 aliphatic heterocycles. The summed E-state index contributed by atoms with van der Waals surface area (Å²) >= 11 is 11.7. The molecule has 0 bridgehead atoms. The van der Waals surface area contributed by atoms with Crippen LogP contribution in [0.4, 0.5) is 0 Å². The maximum Gasteiger partial charge on any atom is 0.267 e. The van der Waals surface area contributed by atoms with Gasteiger partial charge in [0.25, 0.3) is 22.9 Å². The first-order valence-corrected chi connectivity index (χ1v) is 18.8. The first kappa shape index (κ1) is 38.1. The third-order valence-corrected chi connectivity index (χ3v) is 10.3. The normalized spacial score (nSPS) is 12.2. The molecule has 8 rings (SSSR count). The van der Waals surface area contributed by atoms with Crippen LogP contribution in [0.3, 0.4) is 0 Å². The van der Waals surface area contributed by atoms with Gasteiger partial charge in [0, 0.05) is 67.3 Å². The summed E-state index contributed by atoms with van der Waals surface area (Å²) in [4.78, 5) is 76.5. The maximum absolute atomic E-state index is 13.0. The smallest absolute Gasteiger partial charge is 0.267 e. The molecule has 6 heterocycles. The lowest BCUT2D eigenvalue weighted by Gasteiger charge is -2.11. The molecule has 56 heavy (non-hydrogen) atoms. The van der Waals surface area contributed by atoms with Gasteiger partial charge in [-0.15, -0.1) is 5.92 Å². The van der Waals surface area contributed by atoms with Gasteiger partial charge in [0.2, 0.25) is 10.9 Å². The summed E-state index contributed by atoms with van der Waals surface area (Å²) in [6.07, 6.45) is 4.51. The minimum atomic E-state index is -0.460. The van der Waals surface area contributed by atoms with Crippen molar-refractivity contribution in [2.24, 2.45) is 0 Å². The number of benzene rings is 2. The number of rotatable bonds is 8. The van der Waals surface area contributed by atoms with E-state index in [2.05, 4.69) is 22.5 Å². The lowest BCUT2D eigenvalue weighted by atomic mass is 10.1. The van der Waals surface area contributed by atoms with E-state index in [1.54, 1.807) is 57.2 Å². The van der Waals surface area contributed by atoms with Gasteiger partial charge in [0.1, 0.15) is 22.4 Å². The molecule has 284 valence electrons. The van der Waals surface area contributed by atoms with Crippen LogP contribution in [0, 0.1) is 11.8 Å². The second kappa shape index (κ2) is 15.9. The Balaban J connectivity index is 0.000000172.